The van der Waals surface area contributed by atoms with Gasteiger partial charge >= 0.3 is 0 Å². The number of hydrogen-bond donors (Lipinski definition) is 5. The zero-order valence-electron chi connectivity index (χ0n) is 16.2. The molecule has 29 heavy (non-hydrogen) atoms. The predicted octanol–water partition coefficient (Wildman–Crippen LogP) is 1.40. The van der Waals surface area contributed by atoms with Crippen LogP contribution < -0.4 is 0 Å². The van der Waals surface area contributed by atoms with E-state index < -0.39 is 37.1 Å². The van der Waals surface area contributed by atoms with Crippen LogP contribution in [0.3, 0.4) is 0 Å². The second-order valence-corrected chi connectivity index (χ2v) is 8.00. The standard InChI is InChI=1S/C23H26O6/c1-12-2-4-15-8-14(9-16(15)6-12)7-13-3-5-18(25)17(10-13)23-22(28)21(27)20(26)19(11-24)29-23/h2-6,9-10,19-28H,7-8,11H2,1H3/t19-,20-,21+,22-,23+/m1/s1. The van der Waals surface area contributed by atoms with Crippen LogP contribution in [0, 0.1) is 6.92 Å². The van der Waals surface area contributed by atoms with Gasteiger partial charge in [-0.3, -0.25) is 0 Å². The normalized spacial score (nSPS) is 28.9. The predicted molar refractivity (Wildman–Crippen MR) is 107 cm³/mol. The van der Waals surface area contributed by atoms with Gasteiger partial charge in [0.15, 0.2) is 0 Å². The van der Waals surface area contributed by atoms with Crippen LogP contribution in [0.4, 0.5) is 0 Å². The molecule has 2 aliphatic rings. The summed E-state index contributed by atoms with van der Waals surface area (Å²) < 4.78 is 5.60. The Balaban J connectivity index is 1.58. The first-order valence-electron chi connectivity index (χ1n) is 9.78. The molecule has 2 aromatic rings. The number of phenols is 1. The van der Waals surface area contributed by atoms with E-state index >= 15 is 0 Å². The summed E-state index contributed by atoms with van der Waals surface area (Å²) in [4.78, 5) is 0. The number of benzene rings is 2. The molecule has 1 heterocycles. The highest BCUT2D eigenvalue weighted by atomic mass is 16.5. The summed E-state index contributed by atoms with van der Waals surface area (Å²) in [6, 6.07) is 11.5. The highest BCUT2D eigenvalue weighted by Gasteiger charge is 2.44. The monoisotopic (exact) mass is 398 g/mol. The fourth-order valence-electron chi connectivity index (χ4n) is 4.20. The number of aryl methyl sites for hydroxylation is 1. The third kappa shape index (κ3) is 3.82. The summed E-state index contributed by atoms with van der Waals surface area (Å²) in [6.07, 6.45) is -2.68. The first-order chi connectivity index (χ1) is 13.9. The van der Waals surface area contributed by atoms with Crippen molar-refractivity contribution in [3.05, 3.63) is 69.8 Å². The molecule has 154 valence electrons. The molecule has 0 saturated carbocycles. The lowest BCUT2D eigenvalue weighted by Crippen LogP contribution is -2.55. The van der Waals surface area contributed by atoms with Crippen molar-refractivity contribution >= 4 is 6.08 Å². The molecule has 4 rings (SSSR count). The molecule has 0 spiro atoms. The number of hydrogen-bond acceptors (Lipinski definition) is 6. The molecule has 0 aromatic heterocycles. The van der Waals surface area contributed by atoms with Crippen LogP contribution in [0.5, 0.6) is 5.75 Å². The number of aliphatic hydroxyl groups is 4. The Labute approximate surface area is 169 Å². The number of aromatic hydroxyl groups is 1. The van der Waals surface area contributed by atoms with E-state index in [2.05, 4.69) is 31.2 Å². The third-order valence-corrected chi connectivity index (χ3v) is 5.80. The van der Waals surface area contributed by atoms with Gasteiger partial charge in [-0.05, 0) is 48.6 Å². The van der Waals surface area contributed by atoms with Crippen molar-refractivity contribution in [2.24, 2.45) is 0 Å². The summed E-state index contributed by atoms with van der Waals surface area (Å²) in [5.74, 6) is -0.0719. The van der Waals surface area contributed by atoms with Gasteiger partial charge in [0, 0.05) is 5.56 Å². The molecule has 6 nitrogen and oxygen atoms in total. The lowest BCUT2D eigenvalue weighted by Gasteiger charge is -2.40. The average molecular weight is 398 g/mol. The van der Waals surface area contributed by atoms with E-state index in [0.29, 0.717) is 12.0 Å². The molecule has 2 aromatic carbocycles. The van der Waals surface area contributed by atoms with E-state index in [4.69, 9.17) is 4.74 Å². The van der Waals surface area contributed by atoms with Crippen molar-refractivity contribution in [2.45, 2.75) is 50.3 Å². The van der Waals surface area contributed by atoms with E-state index in [1.54, 1.807) is 12.1 Å². The smallest absolute Gasteiger partial charge is 0.121 e. The van der Waals surface area contributed by atoms with Gasteiger partial charge in [-0.15, -0.1) is 0 Å². The third-order valence-electron chi connectivity index (χ3n) is 5.80. The van der Waals surface area contributed by atoms with Gasteiger partial charge < -0.3 is 30.3 Å². The number of ether oxygens (including phenoxy) is 1. The molecule has 0 unspecified atom stereocenters. The Kier molecular flexibility index (Phi) is 5.46. The summed E-state index contributed by atoms with van der Waals surface area (Å²) in [7, 11) is 0. The second kappa shape index (κ2) is 7.89. The minimum Gasteiger partial charge on any atom is -0.508 e. The molecule has 1 fully saturated rings. The minimum absolute atomic E-state index is 0.0719. The Morgan fingerprint density at radius 3 is 2.55 bits per heavy atom. The number of allylic oxidation sites excluding steroid dienone is 1. The van der Waals surface area contributed by atoms with Gasteiger partial charge in [0.25, 0.3) is 0 Å². The van der Waals surface area contributed by atoms with Gasteiger partial charge in [-0.2, -0.15) is 0 Å². The molecule has 5 atom stereocenters. The van der Waals surface area contributed by atoms with Crippen molar-refractivity contribution in [2.75, 3.05) is 6.61 Å². The molecule has 6 heteroatoms. The fourth-order valence-corrected chi connectivity index (χ4v) is 4.20. The Morgan fingerprint density at radius 1 is 1.00 bits per heavy atom. The first kappa shape index (κ1) is 20.1. The molecule has 1 aliphatic heterocycles. The summed E-state index contributed by atoms with van der Waals surface area (Å²) in [5.41, 5.74) is 6.25. The molecule has 5 N–H and O–H groups in total. The molecular formula is C23H26O6. The summed E-state index contributed by atoms with van der Waals surface area (Å²) in [6.45, 7) is 1.56. The summed E-state index contributed by atoms with van der Waals surface area (Å²) >= 11 is 0. The lowest BCUT2D eigenvalue weighted by molar-refractivity contribution is -0.232. The number of fused-ring (bicyclic) bond motifs is 1. The maximum atomic E-state index is 10.4. The van der Waals surface area contributed by atoms with Crippen LogP contribution in [0.2, 0.25) is 0 Å². The van der Waals surface area contributed by atoms with Crippen LogP contribution >= 0.6 is 0 Å². The molecule has 1 saturated heterocycles. The molecule has 0 bridgehead atoms. The van der Waals surface area contributed by atoms with Crippen LogP contribution in [0.25, 0.3) is 6.08 Å². The SMILES string of the molecule is Cc1ccc2c(c1)C=C(Cc1ccc(O)c([C@@H]3O[C@H](CO)[C@@H](O)[C@H](O)[C@H]3O)c1)C2. The Bertz CT molecular complexity index is 935. The molecular weight excluding hydrogens is 372 g/mol. The van der Waals surface area contributed by atoms with E-state index in [1.165, 1.54) is 22.3 Å². The highest BCUT2D eigenvalue weighted by Crippen LogP contribution is 2.37. The number of rotatable bonds is 4. The van der Waals surface area contributed by atoms with Crippen molar-refractivity contribution in [1.29, 1.82) is 0 Å². The van der Waals surface area contributed by atoms with E-state index in [0.717, 1.165) is 12.0 Å². The summed E-state index contributed by atoms with van der Waals surface area (Å²) in [5, 5.41) is 50.2. The average Bonchev–Trinajstić information content (AvgIpc) is 3.09. The maximum Gasteiger partial charge on any atom is 0.121 e. The molecule has 0 amide bonds. The van der Waals surface area contributed by atoms with Crippen molar-refractivity contribution < 1.29 is 30.3 Å². The van der Waals surface area contributed by atoms with E-state index in [-0.39, 0.29) is 5.75 Å². The zero-order valence-corrected chi connectivity index (χ0v) is 16.2. The van der Waals surface area contributed by atoms with Gasteiger partial charge in [0.2, 0.25) is 0 Å². The van der Waals surface area contributed by atoms with Crippen molar-refractivity contribution in [3.63, 3.8) is 0 Å². The fraction of sp³-hybridized carbons (Fsp3) is 0.391. The van der Waals surface area contributed by atoms with Crippen LogP contribution in [-0.2, 0) is 17.6 Å². The minimum atomic E-state index is -1.48. The van der Waals surface area contributed by atoms with Gasteiger partial charge in [0.1, 0.15) is 36.3 Å². The maximum absolute atomic E-state index is 10.4. The Hall–Kier alpha value is -2.22. The molecule has 0 radical (unpaired) electrons. The topological polar surface area (TPSA) is 110 Å². The molecule has 1 aliphatic carbocycles. The van der Waals surface area contributed by atoms with Crippen LogP contribution in [-0.4, -0.2) is 56.6 Å². The second-order valence-electron chi connectivity index (χ2n) is 8.00. The largest absolute Gasteiger partial charge is 0.508 e. The first-order valence-corrected chi connectivity index (χ1v) is 9.78. The van der Waals surface area contributed by atoms with E-state index in [1.807, 2.05) is 6.07 Å². The Morgan fingerprint density at radius 2 is 1.79 bits per heavy atom. The van der Waals surface area contributed by atoms with Gasteiger partial charge in [0.05, 0.1) is 6.61 Å². The van der Waals surface area contributed by atoms with Gasteiger partial charge in [-0.25, -0.2) is 0 Å². The van der Waals surface area contributed by atoms with Gasteiger partial charge in [-0.1, -0.05) is 41.5 Å². The number of aliphatic hydroxyl groups excluding tert-OH is 4. The van der Waals surface area contributed by atoms with E-state index in [9.17, 15) is 25.5 Å². The highest BCUT2D eigenvalue weighted by molar-refractivity contribution is 5.65. The van der Waals surface area contributed by atoms with Crippen molar-refractivity contribution in [3.8, 4) is 5.75 Å². The number of phenolic OH excluding ortho intramolecular Hbond substituents is 1. The quantitative estimate of drug-likeness (QED) is 0.533. The van der Waals surface area contributed by atoms with Crippen LogP contribution in [0.15, 0.2) is 42.0 Å². The van der Waals surface area contributed by atoms with Crippen molar-refractivity contribution in [1.82, 2.24) is 0 Å². The lowest BCUT2D eigenvalue weighted by atomic mass is 9.89. The zero-order chi connectivity index (χ0) is 20.7. The van der Waals surface area contributed by atoms with Crippen LogP contribution in [0.1, 0.15) is 33.9 Å².